The van der Waals surface area contributed by atoms with E-state index in [9.17, 15) is 13.2 Å². The van der Waals surface area contributed by atoms with E-state index in [1.54, 1.807) is 25.4 Å². The van der Waals surface area contributed by atoms with Gasteiger partial charge in [0.15, 0.2) is 4.32 Å². The molecular formula is C13H18N4O3S4. The molecule has 7 nitrogen and oxygen atoms in total. The minimum Gasteiger partial charge on any atom is -0.283 e. The summed E-state index contributed by atoms with van der Waals surface area (Å²) in [6.07, 6.45) is 1.72. The second kappa shape index (κ2) is 9.28. The van der Waals surface area contributed by atoms with Gasteiger partial charge in [-0.25, -0.2) is 8.42 Å². The summed E-state index contributed by atoms with van der Waals surface area (Å²) in [5, 5.41) is 2.47. The van der Waals surface area contributed by atoms with Gasteiger partial charge in [0.1, 0.15) is 10.7 Å². The summed E-state index contributed by atoms with van der Waals surface area (Å²) in [5.41, 5.74) is 3.17. The Balaban J connectivity index is 2.61. The summed E-state index contributed by atoms with van der Waals surface area (Å²) < 4.78 is 24.3. The maximum atomic E-state index is 12.0. The van der Waals surface area contributed by atoms with Crippen LogP contribution < -0.4 is 10.3 Å². The van der Waals surface area contributed by atoms with E-state index < -0.39 is 21.7 Å². The number of hydrogen-bond donors (Lipinski definition) is 2. The Kier molecular flexibility index (Phi) is 8.03. The molecule has 0 aliphatic heterocycles. The normalized spacial score (nSPS) is 10.8. The molecule has 0 fully saturated rings. The fourth-order valence-corrected chi connectivity index (χ4v) is 3.28. The van der Waals surface area contributed by atoms with Crippen LogP contribution in [-0.2, 0) is 14.8 Å². The highest BCUT2D eigenvalue weighted by Gasteiger charge is 2.20. The summed E-state index contributed by atoms with van der Waals surface area (Å²) in [5.74, 6) is -1.47. The molecule has 1 amide bonds. The van der Waals surface area contributed by atoms with Crippen molar-refractivity contribution in [3.63, 3.8) is 0 Å². The van der Waals surface area contributed by atoms with Gasteiger partial charge >= 0.3 is 0 Å². The first-order chi connectivity index (χ1) is 11.2. The Morgan fingerprint density at radius 1 is 1.17 bits per heavy atom. The van der Waals surface area contributed by atoms with E-state index in [0.717, 1.165) is 5.56 Å². The van der Waals surface area contributed by atoms with E-state index in [1.807, 2.05) is 18.2 Å². The first-order valence-electron chi connectivity index (χ1n) is 6.60. The van der Waals surface area contributed by atoms with Gasteiger partial charge < -0.3 is 0 Å². The fourth-order valence-electron chi connectivity index (χ4n) is 1.63. The topological polar surface area (TPSA) is 81.8 Å². The lowest BCUT2D eigenvalue weighted by molar-refractivity contribution is -0.121. The van der Waals surface area contributed by atoms with Crippen LogP contribution in [0.4, 0.5) is 0 Å². The van der Waals surface area contributed by atoms with Gasteiger partial charge in [-0.2, -0.15) is 0 Å². The van der Waals surface area contributed by atoms with Crippen LogP contribution in [0.25, 0.3) is 0 Å². The van der Waals surface area contributed by atoms with Crippen molar-refractivity contribution in [2.45, 2.75) is 0 Å². The maximum Gasteiger partial charge on any atom is 0.255 e. The molecule has 0 bridgehead atoms. The highest BCUT2D eigenvalue weighted by atomic mass is 32.2. The molecule has 0 aliphatic carbocycles. The number of hydrazine groups is 2. The van der Waals surface area contributed by atoms with Crippen LogP contribution in [0.1, 0.15) is 5.56 Å². The van der Waals surface area contributed by atoms with Crippen molar-refractivity contribution < 1.29 is 13.2 Å². The molecule has 0 saturated heterocycles. The predicted molar refractivity (Wildman–Crippen MR) is 105 cm³/mol. The van der Waals surface area contributed by atoms with Crippen LogP contribution in [-0.4, -0.2) is 59.8 Å². The lowest BCUT2D eigenvalue weighted by atomic mass is 10.2. The van der Waals surface area contributed by atoms with Gasteiger partial charge in [-0.15, -0.1) is 4.83 Å². The quantitative estimate of drug-likeness (QED) is 0.547. The summed E-state index contributed by atoms with van der Waals surface area (Å²) in [4.78, 5) is 14.5. The van der Waals surface area contributed by atoms with Crippen LogP contribution >= 0.6 is 36.2 Å². The van der Waals surface area contributed by atoms with Gasteiger partial charge in [-0.05, 0) is 6.26 Å². The number of carbonyl (C=O) groups excluding carboxylic acids is 1. The molecule has 0 atom stereocenters. The zero-order chi connectivity index (χ0) is 18.3. The lowest BCUT2D eigenvalue weighted by Gasteiger charge is -2.22. The first kappa shape index (κ1) is 20.8. The third kappa shape index (κ3) is 6.69. The van der Waals surface area contributed by atoms with E-state index in [1.165, 1.54) is 28.8 Å². The third-order valence-corrected chi connectivity index (χ3v) is 5.76. The molecule has 0 aliphatic rings. The lowest BCUT2D eigenvalue weighted by Crippen LogP contribution is -2.49. The molecule has 0 spiro atoms. The van der Waals surface area contributed by atoms with E-state index in [-0.39, 0.29) is 0 Å². The van der Waals surface area contributed by atoms with Crippen LogP contribution in [0.3, 0.4) is 0 Å². The Labute approximate surface area is 156 Å². The zero-order valence-electron chi connectivity index (χ0n) is 13.3. The van der Waals surface area contributed by atoms with Crippen molar-refractivity contribution in [3.8, 4) is 0 Å². The molecular weight excluding hydrogens is 388 g/mol. The number of nitrogens with zero attached hydrogens (tertiary/aromatic N) is 2. The number of nitrogens with one attached hydrogen (secondary N) is 2. The van der Waals surface area contributed by atoms with E-state index >= 15 is 0 Å². The van der Waals surface area contributed by atoms with E-state index in [4.69, 9.17) is 24.4 Å². The van der Waals surface area contributed by atoms with Gasteiger partial charge in [-0.3, -0.25) is 20.2 Å². The zero-order valence-corrected chi connectivity index (χ0v) is 16.6. The Morgan fingerprint density at radius 3 is 2.29 bits per heavy atom. The standard InChI is InChI=1S/C13H18N4O3S4/c1-16(12(21)10-7-5-4-6-8-10)14-11(18)9-24(19,20)15-17(2)13(22)23-3/h4-8,15H,9H2,1-3H3,(H,14,18). The van der Waals surface area contributed by atoms with Crippen molar-refractivity contribution in [3.05, 3.63) is 35.9 Å². The monoisotopic (exact) mass is 406 g/mol. The third-order valence-electron chi connectivity index (χ3n) is 2.66. The molecule has 0 radical (unpaired) electrons. The molecule has 0 heterocycles. The number of thioether (sulfide) groups is 1. The minimum atomic E-state index is -3.88. The smallest absolute Gasteiger partial charge is 0.255 e. The predicted octanol–water partition coefficient (Wildman–Crippen LogP) is 0.739. The molecule has 132 valence electrons. The van der Waals surface area contributed by atoms with E-state index in [0.29, 0.717) is 9.31 Å². The molecule has 1 aromatic carbocycles. The van der Waals surface area contributed by atoms with Gasteiger partial charge in [0.05, 0.1) is 0 Å². The number of carbonyl (C=O) groups is 1. The number of thiocarbonyl (C=S) groups is 2. The SMILES string of the molecule is CSC(=S)N(C)NS(=O)(=O)CC(=O)NN(C)C(=S)c1ccccc1. The Bertz CT molecular complexity index is 709. The molecule has 1 rings (SSSR count). The highest BCUT2D eigenvalue weighted by molar-refractivity contribution is 8.22. The number of amides is 1. The van der Waals surface area contributed by atoms with Crippen molar-refractivity contribution in [2.24, 2.45) is 0 Å². The number of rotatable bonds is 5. The fraction of sp³-hybridized carbons (Fsp3) is 0.308. The number of sulfonamides is 1. The molecule has 0 saturated carbocycles. The van der Waals surface area contributed by atoms with Crippen molar-refractivity contribution in [1.29, 1.82) is 0 Å². The summed E-state index contributed by atoms with van der Waals surface area (Å²) >= 11 is 11.4. The second-order valence-corrected chi connectivity index (χ2v) is 8.17. The second-order valence-electron chi connectivity index (χ2n) is 4.64. The van der Waals surface area contributed by atoms with Gasteiger partial charge in [0.25, 0.3) is 5.91 Å². The largest absolute Gasteiger partial charge is 0.283 e. The van der Waals surface area contributed by atoms with Crippen molar-refractivity contribution >= 4 is 61.4 Å². The Morgan fingerprint density at radius 2 is 1.75 bits per heavy atom. The molecule has 0 aromatic heterocycles. The van der Waals surface area contributed by atoms with Gasteiger partial charge in [-0.1, -0.05) is 66.5 Å². The Hall–Kier alpha value is -1.27. The van der Waals surface area contributed by atoms with Crippen molar-refractivity contribution in [1.82, 2.24) is 20.3 Å². The molecule has 24 heavy (non-hydrogen) atoms. The van der Waals surface area contributed by atoms with Gasteiger partial charge in [0.2, 0.25) is 10.0 Å². The molecule has 0 unspecified atom stereocenters. The molecule has 11 heteroatoms. The van der Waals surface area contributed by atoms with Gasteiger partial charge in [0, 0.05) is 19.7 Å². The number of hydrogen-bond acceptors (Lipinski definition) is 6. The molecule has 1 aromatic rings. The van der Waals surface area contributed by atoms with Crippen LogP contribution in [0, 0.1) is 0 Å². The average molecular weight is 407 g/mol. The first-order valence-corrected chi connectivity index (χ1v) is 10.3. The average Bonchev–Trinajstić information content (AvgIpc) is 2.52. The maximum absolute atomic E-state index is 12.0. The van der Waals surface area contributed by atoms with E-state index in [2.05, 4.69) is 10.3 Å². The molecule has 2 N–H and O–H groups in total. The van der Waals surface area contributed by atoms with Crippen molar-refractivity contribution in [2.75, 3.05) is 26.1 Å². The summed E-state index contributed by atoms with van der Waals surface area (Å²) in [7, 11) is -0.871. The number of benzene rings is 1. The highest BCUT2D eigenvalue weighted by Crippen LogP contribution is 2.04. The van der Waals surface area contributed by atoms with Crippen LogP contribution in [0.15, 0.2) is 30.3 Å². The minimum absolute atomic E-state index is 0.335. The van der Waals surface area contributed by atoms with Crippen LogP contribution in [0.5, 0.6) is 0 Å². The van der Waals surface area contributed by atoms with Crippen LogP contribution in [0.2, 0.25) is 0 Å². The summed E-state index contributed by atoms with van der Waals surface area (Å²) in [6.45, 7) is 0. The summed E-state index contributed by atoms with van der Waals surface area (Å²) in [6, 6.07) is 9.06.